The maximum Gasteiger partial charge on any atom is 0.424 e. The Morgan fingerprint density at radius 1 is 1.00 bits per heavy atom. The normalized spacial score (nSPS) is 15.0. The summed E-state index contributed by atoms with van der Waals surface area (Å²) >= 11 is 10.2. The number of aliphatic hydroxyl groups is 1. The van der Waals surface area contributed by atoms with Crippen LogP contribution in [0.2, 0.25) is 0 Å². The van der Waals surface area contributed by atoms with Crippen LogP contribution in [0.4, 0.5) is 13.2 Å². The van der Waals surface area contributed by atoms with Gasteiger partial charge in [0.2, 0.25) is 4.33 Å². The van der Waals surface area contributed by atoms with Crippen LogP contribution in [0.3, 0.4) is 0 Å². The van der Waals surface area contributed by atoms with Gasteiger partial charge in [0.15, 0.2) is 0 Å². The molecule has 0 amide bonds. The molecular formula is C11H19Cl2F3O. The van der Waals surface area contributed by atoms with E-state index in [2.05, 4.69) is 6.92 Å². The summed E-state index contributed by atoms with van der Waals surface area (Å²) in [5.41, 5.74) is 0. The Kier molecular flexibility index (Phi) is 7.85. The maximum atomic E-state index is 12.3. The number of hydrogen-bond donors (Lipinski definition) is 1. The minimum absolute atomic E-state index is 0.0291. The first-order valence-corrected chi connectivity index (χ1v) is 6.61. The lowest BCUT2D eigenvalue weighted by Gasteiger charge is -2.27. The SMILES string of the molecule is CCCCCCCCC(O)C(Cl)(Cl)C(F)(F)F. The van der Waals surface area contributed by atoms with Crippen molar-refractivity contribution in [2.75, 3.05) is 0 Å². The van der Waals surface area contributed by atoms with Crippen LogP contribution >= 0.6 is 23.2 Å². The van der Waals surface area contributed by atoms with Crippen LogP contribution in [-0.4, -0.2) is 21.7 Å². The zero-order valence-corrected chi connectivity index (χ0v) is 11.4. The van der Waals surface area contributed by atoms with Gasteiger partial charge in [0.25, 0.3) is 0 Å². The average Bonchev–Trinajstić information content (AvgIpc) is 2.21. The fraction of sp³-hybridized carbons (Fsp3) is 1.00. The summed E-state index contributed by atoms with van der Waals surface area (Å²) in [5.74, 6) is 0. The molecule has 6 heteroatoms. The van der Waals surface area contributed by atoms with E-state index in [1.54, 1.807) is 0 Å². The summed E-state index contributed by atoms with van der Waals surface area (Å²) < 4.78 is 33.9. The van der Waals surface area contributed by atoms with E-state index in [0.29, 0.717) is 6.42 Å². The third-order valence-corrected chi connectivity index (χ3v) is 3.56. The summed E-state index contributed by atoms with van der Waals surface area (Å²) in [5, 5.41) is 9.33. The van der Waals surface area contributed by atoms with Gasteiger partial charge in [-0.05, 0) is 6.42 Å². The predicted octanol–water partition coefficient (Wildman–Crippen LogP) is 4.83. The van der Waals surface area contributed by atoms with Crippen molar-refractivity contribution >= 4 is 23.2 Å². The van der Waals surface area contributed by atoms with Crippen molar-refractivity contribution < 1.29 is 18.3 Å². The lowest BCUT2D eigenvalue weighted by Crippen LogP contribution is -2.44. The van der Waals surface area contributed by atoms with Crippen LogP contribution in [0.5, 0.6) is 0 Å². The van der Waals surface area contributed by atoms with Gasteiger partial charge < -0.3 is 5.11 Å². The fourth-order valence-corrected chi connectivity index (χ4v) is 1.71. The van der Waals surface area contributed by atoms with Gasteiger partial charge in [-0.25, -0.2) is 0 Å². The van der Waals surface area contributed by atoms with Crippen LogP contribution in [0, 0.1) is 0 Å². The molecule has 1 atom stereocenters. The predicted molar refractivity (Wildman–Crippen MR) is 64.5 cm³/mol. The lowest BCUT2D eigenvalue weighted by molar-refractivity contribution is -0.162. The van der Waals surface area contributed by atoms with Crippen LogP contribution in [0.1, 0.15) is 51.9 Å². The smallest absolute Gasteiger partial charge is 0.390 e. The highest BCUT2D eigenvalue weighted by Crippen LogP contribution is 2.43. The monoisotopic (exact) mass is 294 g/mol. The van der Waals surface area contributed by atoms with Crippen molar-refractivity contribution in [3.63, 3.8) is 0 Å². The third kappa shape index (κ3) is 6.16. The number of unbranched alkanes of at least 4 members (excludes halogenated alkanes) is 5. The third-order valence-electron chi connectivity index (χ3n) is 2.63. The molecule has 17 heavy (non-hydrogen) atoms. The number of hydrogen-bond acceptors (Lipinski definition) is 1. The Balaban J connectivity index is 3.82. The standard InChI is InChI=1S/C11H19Cl2F3O/c1-2-3-4-5-6-7-8-9(17)10(12,13)11(14,15)16/h9,17H,2-8H2,1H3. The Morgan fingerprint density at radius 2 is 1.47 bits per heavy atom. The van der Waals surface area contributed by atoms with Crippen molar-refractivity contribution in [1.82, 2.24) is 0 Å². The molecule has 0 rings (SSSR count). The van der Waals surface area contributed by atoms with Crippen molar-refractivity contribution in [3.8, 4) is 0 Å². The van der Waals surface area contributed by atoms with Gasteiger partial charge in [-0.1, -0.05) is 68.7 Å². The van der Waals surface area contributed by atoms with Crippen LogP contribution in [0.25, 0.3) is 0 Å². The molecule has 0 aromatic heterocycles. The second kappa shape index (κ2) is 7.70. The van der Waals surface area contributed by atoms with Crippen molar-refractivity contribution in [2.45, 2.75) is 68.5 Å². The molecule has 0 saturated heterocycles. The van der Waals surface area contributed by atoms with E-state index in [9.17, 15) is 18.3 Å². The lowest BCUT2D eigenvalue weighted by atomic mass is 10.0. The minimum atomic E-state index is -4.81. The van der Waals surface area contributed by atoms with E-state index in [1.165, 1.54) is 0 Å². The van der Waals surface area contributed by atoms with Gasteiger partial charge in [0.1, 0.15) is 0 Å². The highest BCUT2D eigenvalue weighted by Gasteiger charge is 2.57. The second-order valence-corrected chi connectivity index (χ2v) is 5.58. The van der Waals surface area contributed by atoms with E-state index in [0.717, 1.165) is 32.1 Å². The first-order chi connectivity index (χ1) is 7.73. The van der Waals surface area contributed by atoms with Gasteiger partial charge in [0.05, 0.1) is 6.10 Å². The Hall–Kier alpha value is 0.330. The molecular weight excluding hydrogens is 276 g/mol. The second-order valence-electron chi connectivity index (χ2n) is 4.19. The molecule has 0 radical (unpaired) electrons. The van der Waals surface area contributed by atoms with E-state index >= 15 is 0 Å². The van der Waals surface area contributed by atoms with Gasteiger partial charge in [-0.2, -0.15) is 13.2 Å². The first-order valence-electron chi connectivity index (χ1n) is 5.86. The summed E-state index contributed by atoms with van der Waals surface area (Å²) in [6.07, 6.45) is -1.04. The van der Waals surface area contributed by atoms with E-state index in [4.69, 9.17) is 23.2 Å². The fourth-order valence-electron chi connectivity index (χ4n) is 1.49. The van der Waals surface area contributed by atoms with Crippen molar-refractivity contribution in [1.29, 1.82) is 0 Å². The molecule has 104 valence electrons. The molecule has 0 aromatic rings. The molecule has 1 N–H and O–H groups in total. The first kappa shape index (κ1) is 17.3. The van der Waals surface area contributed by atoms with E-state index in [1.807, 2.05) is 0 Å². The summed E-state index contributed by atoms with van der Waals surface area (Å²) in [4.78, 5) is 0. The highest BCUT2D eigenvalue weighted by molar-refractivity contribution is 6.49. The molecule has 0 aliphatic rings. The molecule has 0 spiro atoms. The quantitative estimate of drug-likeness (QED) is 0.502. The molecule has 0 saturated carbocycles. The van der Waals surface area contributed by atoms with Gasteiger partial charge in [0, 0.05) is 0 Å². The molecule has 0 aromatic carbocycles. The van der Waals surface area contributed by atoms with Crippen LogP contribution < -0.4 is 0 Å². The minimum Gasteiger partial charge on any atom is -0.390 e. The molecule has 1 unspecified atom stereocenters. The van der Waals surface area contributed by atoms with Gasteiger partial charge >= 0.3 is 6.18 Å². The maximum absolute atomic E-state index is 12.3. The molecule has 1 nitrogen and oxygen atoms in total. The van der Waals surface area contributed by atoms with Crippen LogP contribution in [0.15, 0.2) is 0 Å². The Bertz CT molecular complexity index is 207. The summed E-state index contributed by atoms with van der Waals surface area (Å²) in [6, 6.07) is 0. The number of aliphatic hydroxyl groups excluding tert-OH is 1. The Labute approximate surface area is 110 Å². The van der Waals surface area contributed by atoms with Crippen molar-refractivity contribution in [3.05, 3.63) is 0 Å². The summed E-state index contributed by atoms with van der Waals surface area (Å²) in [7, 11) is 0. The largest absolute Gasteiger partial charge is 0.424 e. The highest BCUT2D eigenvalue weighted by atomic mass is 35.5. The van der Waals surface area contributed by atoms with E-state index < -0.39 is 16.6 Å². The van der Waals surface area contributed by atoms with E-state index in [-0.39, 0.29) is 6.42 Å². The number of alkyl halides is 5. The molecule has 0 aliphatic carbocycles. The van der Waals surface area contributed by atoms with Gasteiger partial charge in [-0.3, -0.25) is 0 Å². The number of rotatable bonds is 8. The van der Waals surface area contributed by atoms with Gasteiger partial charge in [-0.15, -0.1) is 0 Å². The zero-order chi connectivity index (χ0) is 13.5. The molecule has 0 aliphatic heterocycles. The molecule has 0 heterocycles. The number of halogens is 5. The summed E-state index contributed by atoms with van der Waals surface area (Å²) in [6.45, 7) is 2.09. The molecule has 0 fully saturated rings. The molecule has 0 bridgehead atoms. The Morgan fingerprint density at radius 3 is 1.94 bits per heavy atom. The zero-order valence-electron chi connectivity index (χ0n) is 9.86. The van der Waals surface area contributed by atoms with Crippen LogP contribution in [-0.2, 0) is 0 Å². The van der Waals surface area contributed by atoms with Crippen molar-refractivity contribution in [2.24, 2.45) is 0 Å². The topological polar surface area (TPSA) is 20.2 Å². The average molecular weight is 295 g/mol.